The van der Waals surface area contributed by atoms with Gasteiger partial charge in [-0.25, -0.2) is 0 Å². The minimum Gasteiger partial charge on any atom is -0.494 e. The highest BCUT2D eigenvalue weighted by Gasteiger charge is 2.26. The third-order valence-electron chi connectivity index (χ3n) is 5.75. The number of halogens is 3. The topological polar surface area (TPSA) is 102 Å². The van der Waals surface area contributed by atoms with E-state index in [1.807, 2.05) is 48.7 Å². The summed E-state index contributed by atoms with van der Waals surface area (Å²) in [6, 6.07) is 16.3. The maximum Gasteiger partial charge on any atom is 0.220 e. The fourth-order valence-corrected chi connectivity index (χ4v) is 5.95. The first-order chi connectivity index (χ1) is 19.2. The van der Waals surface area contributed by atoms with E-state index in [4.69, 9.17) is 37.4 Å². The molecular formula is C27H25BrCl2N4O5S. The summed E-state index contributed by atoms with van der Waals surface area (Å²) in [4.78, 5) is 11.3. The molecule has 4 rings (SSSR count). The lowest BCUT2D eigenvalue weighted by molar-refractivity contribution is -0.479. The number of ether oxygens (including phenoxy) is 3. The molecule has 0 bridgehead atoms. The molecule has 13 heteroatoms. The Morgan fingerprint density at radius 1 is 1.07 bits per heavy atom. The van der Waals surface area contributed by atoms with Gasteiger partial charge in [-0.1, -0.05) is 41.0 Å². The van der Waals surface area contributed by atoms with E-state index in [-0.39, 0.29) is 18.1 Å². The number of rotatable bonds is 12. The number of hydrogen-bond acceptors (Lipinski definition) is 8. The normalized spacial score (nSPS) is 11.8. The van der Waals surface area contributed by atoms with Gasteiger partial charge in [-0.3, -0.25) is 14.7 Å². The third-order valence-corrected chi connectivity index (χ3v) is 8.26. The van der Waals surface area contributed by atoms with Crippen LogP contribution >= 0.6 is 50.9 Å². The summed E-state index contributed by atoms with van der Waals surface area (Å²) in [5, 5.41) is 21.0. The van der Waals surface area contributed by atoms with Crippen LogP contribution in [-0.2, 0) is 6.61 Å². The molecule has 9 nitrogen and oxygen atoms in total. The van der Waals surface area contributed by atoms with Crippen LogP contribution in [0.4, 0.5) is 0 Å². The van der Waals surface area contributed by atoms with Crippen molar-refractivity contribution in [3.8, 4) is 22.9 Å². The highest BCUT2D eigenvalue weighted by Crippen LogP contribution is 2.43. The Balaban J connectivity index is 1.63. The minimum absolute atomic E-state index is 0.211. The van der Waals surface area contributed by atoms with Gasteiger partial charge < -0.3 is 14.2 Å². The quantitative estimate of drug-likeness (QED) is 0.0859. The van der Waals surface area contributed by atoms with Crippen LogP contribution in [0.15, 0.2) is 64.2 Å². The molecule has 1 atom stereocenters. The first-order valence-corrected chi connectivity index (χ1v) is 14.5. The molecule has 3 aromatic carbocycles. The monoisotopic (exact) mass is 666 g/mol. The third kappa shape index (κ3) is 7.20. The van der Waals surface area contributed by atoms with E-state index >= 15 is 0 Å². The van der Waals surface area contributed by atoms with Crippen LogP contribution < -0.4 is 14.2 Å². The van der Waals surface area contributed by atoms with Crippen LogP contribution in [-0.4, -0.2) is 39.9 Å². The second kappa shape index (κ2) is 13.6. The van der Waals surface area contributed by atoms with Gasteiger partial charge in [0, 0.05) is 10.6 Å². The molecule has 0 fully saturated rings. The predicted molar refractivity (Wildman–Crippen MR) is 159 cm³/mol. The molecule has 4 aromatic rings. The first-order valence-electron chi connectivity index (χ1n) is 12.1. The van der Waals surface area contributed by atoms with Crippen LogP contribution in [0.1, 0.15) is 29.1 Å². The van der Waals surface area contributed by atoms with Crippen molar-refractivity contribution in [1.29, 1.82) is 0 Å². The number of aryl methyl sites for hydroxylation is 1. The minimum atomic E-state index is -0.602. The van der Waals surface area contributed by atoms with E-state index in [1.165, 1.54) is 18.9 Å². The summed E-state index contributed by atoms with van der Waals surface area (Å²) >= 11 is 16.9. The molecular weight excluding hydrogens is 643 g/mol. The zero-order chi connectivity index (χ0) is 28.8. The Morgan fingerprint density at radius 2 is 1.82 bits per heavy atom. The van der Waals surface area contributed by atoms with E-state index in [1.54, 1.807) is 24.3 Å². The molecule has 0 aliphatic rings. The van der Waals surface area contributed by atoms with Crippen molar-refractivity contribution in [3.05, 3.63) is 96.2 Å². The van der Waals surface area contributed by atoms with Gasteiger partial charge in [0.2, 0.25) is 6.54 Å². The Kier molecular flexibility index (Phi) is 10.2. The Hall–Kier alpha value is -2.99. The number of thioether (sulfide) groups is 1. The SMILES string of the molecule is CCOc1ccc(-n2c(C)nnc2S[C@H](C[N+](=O)[O-])c2cc(Br)c(OCc3ccc(Cl)c(Cl)c3)c(OC)c2)cc1. The Labute approximate surface area is 254 Å². The molecule has 0 unspecified atom stereocenters. The fraction of sp³-hybridized carbons (Fsp3) is 0.259. The van der Waals surface area contributed by atoms with Gasteiger partial charge in [0.1, 0.15) is 23.4 Å². The summed E-state index contributed by atoms with van der Waals surface area (Å²) in [7, 11) is 1.51. The predicted octanol–water partition coefficient (Wildman–Crippen LogP) is 7.74. The number of methoxy groups -OCH3 is 1. The van der Waals surface area contributed by atoms with E-state index in [0.29, 0.717) is 49.2 Å². The van der Waals surface area contributed by atoms with E-state index in [0.717, 1.165) is 17.0 Å². The van der Waals surface area contributed by atoms with Crippen molar-refractivity contribution >= 4 is 50.9 Å². The summed E-state index contributed by atoms with van der Waals surface area (Å²) in [5.41, 5.74) is 2.29. The summed E-state index contributed by atoms with van der Waals surface area (Å²) < 4.78 is 19.6. The van der Waals surface area contributed by atoms with Gasteiger partial charge in [-0.2, -0.15) is 0 Å². The van der Waals surface area contributed by atoms with Gasteiger partial charge >= 0.3 is 0 Å². The summed E-state index contributed by atoms with van der Waals surface area (Å²) in [6.45, 7) is 4.17. The second-order valence-corrected chi connectivity index (χ2v) is 11.3. The highest BCUT2D eigenvalue weighted by atomic mass is 79.9. The van der Waals surface area contributed by atoms with Gasteiger partial charge in [0.15, 0.2) is 16.7 Å². The highest BCUT2D eigenvalue weighted by molar-refractivity contribution is 9.10. The molecule has 0 radical (unpaired) electrons. The molecule has 0 N–H and O–H groups in total. The standard InChI is InChI=1S/C27H25BrCl2N4O5S/c1-4-38-20-8-6-19(7-9-20)34-16(2)31-32-27(34)40-25(14-33(35)36)18-12-21(28)26(24(13-18)37-3)39-15-17-5-10-22(29)23(30)11-17/h5-13,25H,4,14-15H2,1-3H3/t25-/m1/s1. The maximum atomic E-state index is 11.7. The van der Waals surface area contributed by atoms with Crippen LogP contribution in [0, 0.1) is 17.0 Å². The zero-order valence-electron chi connectivity index (χ0n) is 21.8. The number of aromatic nitrogens is 3. The molecule has 0 aliphatic heterocycles. The lowest BCUT2D eigenvalue weighted by Crippen LogP contribution is -2.12. The van der Waals surface area contributed by atoms with Crippen molar-refractivity contribution < 1.29 is 19.1 Å². The first kappa shape index (κ1) is 30.0. The van der Waals surface area contributed by atoms with Crippen molar-refractivity contribution in [1.82, 2.24) is 14.8 Å². The molecule has 0 spiro atoms. The smallest absolute Gasteiger partial charge is 0.220 e. The molecule has 40 heavy (non-hydrogen) atoms. The molecule has 0 aliphatic carbocycles. The molecule has 210 valence electrons. The molecule has 0 saturated heterocycles. The average Bonchev–Trinajstić information content (AvgIpc) is 3.29. The number of nitrogens with zero attached hydrogens (tertiary/aromatic N) is 4. The maximum absolute atomic E-state index is 11.7. The number of nitro groups is 1. The van der Waals surface area contributed by atoms with Crippen LogP contribution in [0.2, 0.25) is 10.0 Å². The molecule has 1 aromatic heterocycles. The number of benzene rings is 3. The van der Waals surface area contributed by atoms with Crippen molar-refractivity contribution in [3.63, 3.8) is 0 Å². The van der Waals surface area contributed by atoms with Gasteiger partial charge in [-0.05, 0) is 89.4 Å². The molecule has 0 saturated carbocycles. The van der Waals surface area contributed by atoms with Gasteiger partial charge in [0.25, 0.3) is 0 Å². The fourth-order valence-electron chi connectivity index (χ4n) is 3.90. The zero-order valence-corrected chi connectivity index (χ0v) is 25.7. The molecule has 0 amide bonds. The van der Waals surface area contributed by atoms with Gasteiger partial charge in [-0.15, -0.1) is 10.2 Å². The van der Waals surface area contributed by atoms with Crippen LogP contribution in [0.25, 0.3) is 5.69 Å². The molecule has 1 heterocycles. The van der Waals surface area contributed by atoms with Crippen molar-refractivity contribution in [2.45, 2.75) is 30.9 Å². The average molecular weight is 668 g/mol. The van der Waals surface area contributed by atoms with Crippen molar-refractivity contribution in [2.24, 2.45) is 0 Å². The summed E-state index contributed by atoms with van der Waals surface area (Å²) in [5.74, 6) is 2.27. The lowest BCUT2D eigenvalue weighted by Gasteiger charge is -2.18. The Bertz CT molecular complexity index is 1500. The lowest BCUT2D eigenvalue weighted by atomic mass is 10.1. The van der Waals surface area contributed by atoms with Gasteiger partial charge in [0.05, 0.1) is 28.2 Å². The van der Waals surface area contributed by atoms with Crippen LogP contribution in [0.3, 0.4) is 0 Å². The largest absolute Gasteiger partial charge is 0.494 e. The second-order valence-electron chi connectivity index (χ2n) is 8.49. The van der Waals surface area contributed by atoms with E-state index < -0.39 is 5.25 Å². The van der Waals surface area contributed by atoms with E-state index in [2.05, 4.69) is 26.1 Å². The van der Waals surface area contributed by atoms with E-state index in [9.17, 15) is 10.1 Å². The summed E-state index contributed by atoms with van der Waals surface area (Å²) in [6.07, 6.45) is 0. The van der Waals surface area contributed by atoms with Crippen molar-refractivity contribution in [2.75, 3.05) is 20.3 Å². The van der Waals surface area contributed by atoms with Crippen LogP contribution in [0.5, 0.6) is 17.2 Å². The number of hydrogen-bond donors (Lipinski definition) is 0. The Morgan fingerprint density at radius 3 is 2.48 bits per heavy atom.